The van der Waals surface area contributed by atoms with Crippen LogP contribution in [0.5, 0.6) is 0 Å². The molecule has 0 radical (unpaired) electrons. The quantitative estimate of drug-likeness (QED) is 0.733. The van der Waals surface area contributed by atoms with Crippen LogP contribution >= 0.6 is 0 Å². The van der Waals surface area contributed by atoms with Crippen LogP contribution in [-0.4, -0.2) is 28.2 Å². The van der Waals surface area contributed by atoms with Crippen molar-refractivity contribution in [2.24, 2.45) is 0 Å². The first-order valence-corrected chi connectivity index (χ1v) is 10.5. The van der Waals surface area contributed by atoms with Crippen LogP contribution in [0.2, 0.25) is 0 Å². The molecule has 1 atom stereocenters. The summed E-state index contributed by atoms with van der Waals surface area (Å²) in [5, 5.41) is 13.0. The number of nitrogens with one attached hydrogen (secondary N) is 1. The van der Waals surface area contributed by atoms with Gasteiger partial charge < -0.3 is 15.0 Å². The normalized spacial score (nSPS) is 19.2. The molecule has 1 aromatic heterocycles. The second kappa shape index (κ2) is 7.86. The van der Waals surface area contributed by atoms with Gasteiger partial charge in [-0.3, -0.25) is 4.79 Å². The van der Waals surface area contributed by atoms with Crippen molar-refractivity contribution in [3.05, 3.63) is 44.7 Å². The lowest BCUT2D eigenvalue weighted by Gasteiger charge is -2.21. The summed E-state index contributed by atoms with van der Waals surface area (Å²) < 4.78 is 31.1. The Morgan fingerprint density at radius 3 is 2.66 bits per heavy atom. The Kier molecular flexibility index (Phi) is 5.42. The predicted molar refractivity (Wildman–Crippen MR) is 107 cm³/mol. The Labute approximate surface area is 167 Å². The van der Waals surface area contributed by atoms with Crippen LogP contribution in [0, 0.1) is 11.6 Å². The number of aromatic nitrogens is 1. The maximum atomic E-state index is 14.9. The van der Waals surface area contributed by atoms with Gasteiger partial charge in [0.25, 0.3) is 0 Å². The second-order valence-electron chi connectivity index (χ2n) is 8.14. The summed E-state index contributed by atoms with van der Waals surface area (Å²) in [6, 6.07) is 1.30. The Morgan fingerprint density at radius 1 is 1.31 bits per heavy atom. The number of hydrogen-bond donors (Lipinski definition) is 2. The van der Waals surface area contributed by atoms with E-state index in [2.05, 4.69) is 5.32 Å². The fourth-order valence-electron chi connectivity index (χ4n) is 4.70. The van der Waals surface area contributed by atoms with Crippen LogP contribution in [0.25, 0.3) is 10.9 Å². The molecule has 5 nitrogen and oxygen atoms in total. The average Bonchev–Trinajstić information content (AvgIpc) is 3.39. The van der Waals surface area contributed by atoms with Gasteiger partial charge in [0.2, 0.25) is 5.43 Å². The first-order chi connectivity index (χ1) is 13.9. The highest BCUT2D eigenvalue weighted by atomic mass is 19.2. The molecular formula is C22H26F2N2O3. The van der Waals surface area contributed by atoms with Crippen LogP contribution < -0.4 is 10.7 Å². The van der Waals surface area contributed by atoms with Gasteiger partial charge >= 0.3 is 5.97 Å². The molecule has 1 aliphatic carbocycles. The SMILES string of the molecule is CCc1c(C(=O)O)c(=O)c2cc(F)c(F)c(CCCC3CCCN3)c2n1C1CC1. The molecule has 0 amide bonds. The molecule has 2 N–H and O–H groups in total. The van der Waals surface area contributed by atoms with Gasteiger partial charge in [0.15, 0.2) is 11.6 Å². The zero-order chi connectivity index (χ0) is 20.7. The summed E-state index contributed by atoms with van der Waals surface area (Å²) in [5.74, 6) is -3.33. The van der Waals surface area contributed by atoms with E-state index in [-0.39, 0.29) is 22.6 Å². The molecule has 7 heteroatoms. The largest absolute Gasteiger partial charge is 0.477 e. The highest BCUT2D eigenvalue weighted by molar-refractivity contribution is 5.95. The van der Waals surface area contributed by atoms with Gasteiger partial charge in [0.05, 0.1) is 5.52 Å². The zero-order valence-electron chi connectivity index (χ0n) is 16.6. The summed E-state index contributed by atoms with van der Waals surface area (Å²) in [4.78, 5) is 24.8. The molecule has 0 spiro atoms. The molecule has 2 heterocycles. The van der Waals surface area contributed by atoms with Crippen molar-refractivity contribution in [3.63, 3.8) is 0 Å². The molecule has 156 valence electrons. The second-order valence-corrected chi connectivity index (χ2v) is 8.14. The smallest absolute Gasteiger partial charge is 0.341 e. The number of benzene rings is 1. The maximum absolute atomic E-state index is 14.9. The van der Waals surface area contributed by atoms with E-state index in [1.165, 1.54) is 0 Å². The number of fused-ring (bicyclic) bond motifs is 1. The molecule has 2 fully saturated rings. The summed E-state index contributed by atoms with van der Waals surface area (Å²) in [6.45, 7) is 2.78. The van der Waals surface area contributed by atoms with Crippen molar-refractivity contribution in [2.45, 2.75) is 70.4 Å². The molecule has 1 saturated carbocycles. The van der Waals surface area contributed by atoms with E-state index in [0.717, 1.165) is 44.7 Å². The Morgan fingerprint density at radius 2 is 2.07 bits per heavy atom. The Bertz CT molecular complexity index is 1020. The van der Waals surface area contributed by atoms with Crippen LogP contribution in [0.4, 0.5) is 8.78 Å². The number of rotatable bonds is 7. The van der Waals surface area contributed by atoms with E-state index in [1.807, 2.05) is 4.57 Å². The molecule has 1 unspecified atom stereocenters. The molecule has 1 aromatic carbocycles. The van der Waals surface area contributed by atoms with E-state index in [1.54, 1.807) is 6.92 Å². The molecule has 29 heavy (non-hydrogen) atoms. The zero-order valence-corrected chi connectivity index (χ0v) is 16.6. The molecule has 4 rings (SSSR count). The van der Waals surface area contributed by atoms with Gasteiger partial charge in [-0.15, -0.1) is 0 Å². The van der Waals surface area contributed by atoms with E-state index < -0.39 is 23.0 Å². The fraction of sp³-hybridized carbons (Fsp3) is 0.545. The number of carbonyl (C=O) groups is 1. The molecule has 1 saturated heterocycles. The predicted octanol–water partition coefficient (Wildman–Crippen LogP) is 3.95. The van der Waals surface area contributed by atoms with Crippen LogP contribution in [0.15, 0.2) is 10.9 Å². The van der Waals surface area contributed by atoms with Crippen LogP contribution in [0.3, 0.4) is 0 Å². The van der Waals surface area contributed by atoms with Crippen LogP contribution in [-0.2, 0) is 12.8 Å². The first-order valence-electron chi connectivity index (χ1n) is 10.5. The van der Waals surface area contributed by atoms with Gasteiger partial charge in [-0.2, -0.15) is 0 Å². The highest BCUT2D eigenvalue weighted by Crippen LogP contribution is 2.40. The summed E-state index contributed by atoms with van der Waals surface area (Å²) in [7, 11) is 0. The number of nitrogens with zero attached hydrogens (tertiary/aromatic N) is 1. The number of aromatic carboxylic acids is 1. The van der Waals surface area contributed by atoms with Gasteiger partial charge in [-0.05, 0) is 64.0 Å². The van der Waals surface area contributed by atoms with E-state index in [4.69, 9.17) is 0 Å². The summed E-state index contributed by atoms with van der Waals surface area (Å²) in [5.41, 5.74) is -0.0497. The van der Waals surface area contributed by atoms with Crippen molar-refractivity contribution in [1.29, 1.82) is 0 Å². The number of carboxylic acid groups (broad SMARTS) is 1. The first kappa shape index (κ1) is 20.0. The molecule has 2 aromatic rings. The third kappa shape index (κ3) is 3.56. The van der Waals surface area contributed by atoms with E-state index in [9.17, 15) is 23.5 Å². The number of hydrogen-bond acceptors (Lipinski definition) is 3. The van der Waals surface area contributed by atoms with Gasteiger partial charge in [-0.1, -0.05) is 6.92 Å². The molecule has 2 aliphatic rings. The third-order valence-corrected chi connectivity index (χ3v) is 6.18. The summed E-state index contributed by atoms with van der Waals surface area (Å²) in [6.07, 6.45) is 6.09. The summed E-state index contributed by atoms with van der Waals surface area (Å²) >= 11 is 0. The van der Waals surface area contributed by atoms with Crippen molar-refractivity contribution in [1.82, 2.24) is 9.88 Å². The van der Waals surface area contributed by atoms with Crippen molar-refractivity contribution in [3.8, 4) is 0 Å². The lowest BCUT2D eigenvalue weighted by Crippen LogP contribution is -2.25. The Hall–Kier alpha value is -2.28. The molecule has 1 aliphatic heterocycles. The van der Waals surface area contributed by atoms with E-state index >= 15 is 0 Å². The monoisotopic (exact) mass is 404 g/mol. The minimum absolute atomic E-state index is 0.0283. The Balaban J connectivity index is 1.89. The number of halogens is 2. The lowest BCUT2D eigenvalue weighted by molar-refractivity contribution is 0.0693. The minimum Gasteiger partial charge on any atom is -0.477 e. The number of aryl methyl sites for hydroxylation is 1. The highest BCUT2D eigenvalue weighted by Gasteiger charge is 2.32. The van der Waals surface area contributed by atoms with E-state index in [0.29, 0.717) is 36.5 Å². The average molecular weight is 404 g/mol. The fourth-order valence-corrected chi connectivity index (χ4v) is 4.70. The standard InChI is InChI=1S/C22H26F2N2O3/c1-2-17-18(22(28)29)21(27)15-11-16(23)19(24)14(20(15)26(17)13-8-9-13)7-3-5-12-6-4-10-25-12/h11-13,25H,2-10H2,1H3,(H,28,29). The number of pyridine rings is 1. The topological polar surface area (TPSA) is 71.3 Å². The number of carboxylic acids is 1. The van der Waals surface area contributed by atoms with Gasteiger partial charge in [0.1, 0.15) is 5.56 Å². The third-order valence-electron chi connectivity index (χ3n) is 6.18. The minimum atomic E-state index is -1.32. The maximum Gasteiger partial charge on any atom is 0.341 e. The molecular weight excluding hydrogens is 378 g/mol. The van der Waals surface area contributed by atoms with Crippen LogP contribution in [0.1, 0.15) is 73.1 Å². The molecule has 0 bridgehead atoms. The van der Waals surface area contributed by atoms with Crippen molar-refractivity contribution in [2.75, 3.05) is 6.54 Å². The lowest BCUT2D eigenvalue weighted by atomic mass is 9.97. The van der Waals surface area contributed by atoms with Gasteiger partial charge in [0, 0.05) is 28.7 Å². The van der Waals surface area contributed by atoms with Crippen molar-refractivity contribution < 1.29 is 18.7 Å². The van der Waals surface area contributed by atoms with Gasteiger partial charge in [-0.25, -0.2) is 13.6 Å². The van der Waals surface area contributed by atoms with Crippen molar-refractivity contribution >= 4 is 16.9 Å².